The fourth-order valence-electron chi connectivity index (χ4n) is 1.36. The van der Waals surface area contributed by atoms with Crippen LogP contribution in [-0.2, 0) is 12.7 Å². The number of halogens is 3. The minimum atomic E-state index is -4.47. The summed E-state index contributed by atoms with van der Waals surface area (Å²) >= 11 is 0. The Morgan fingerprint density at radius 2 is 2.24 bits per heavy atom. The minimum Gasteiger partial charge on any atom is -0.409 e. The summed E-state index contributed by atoms with van der Waals surface area (Å²) in [6, 6.07) is 0.957. The smallest absolute Gasteiger partial charge is 0.409 e. The number of aromatic nitrogens is 2. The van der Waals surface area contributed by atoms with Crippen LogP contribution in [0.25, 0.3) is 0 Å². The third-order valence-electron chi connectivity index (χ3n) is 2.26. The molecule has 0 aliphatic rings. The van der Waals surface area contributed by atoms with Crippen LogP contribution in [0.4, 0.5) is 13.2 Å². The molecule has 17 heavy (non-hydrogen) atoms. The summed E-state index contributed by atoms with van der Waals surface area (Å²) < 4.78 is 38.7. The maximum absolute atomic E-state index is 12.6. The second-order valence-electron chi connectivity index (χ2n) is 3.78. The van der Waals surface area contributed by atoms with Gasteiger partial charge >= 0.3 is 6.18 Å². The molecule has 0 saturated heterocycles. The molecule has 1 aromatic rings. The monoisotopic (exact) mass is 250 g/mol. The van der Waals surface area contributed by atoms with Crippen LogP contribution in [0.2, 0.25) is 0 Å². The van der Waals surface area contributed by atoms with Crippen LogP contribution in [0.3, 0.4) is 0 Å². The molecule has 0 unspecified atom stereocenters. The molecule has 8 heteroatoms. The molecular formula is C9H13F3N4O. The molecule has 0 spiro atoms. The first kappa shape index (κ1) is 13.3. The van der Waals surface area contributed by atoms with E-state index in [4.69, 9.17) is 10.9 Å². The van der Waals surface area contributed by atoms with Gasteiger partial charge in [0.1, 0.15) is 11.5 Å². The molecule has 1 atom stereocenters. The lowest BCUT2D eigenvalue weighted by Gasteiger charge is -2.14. The molecule has 1 heterocycles. The minimum absolute atomic E-state index is 0.0986. The molecule has 3 N–H and O–H groups in total. The maximum atomic E-state index is 12.6. The van der Waals surface area contributed by atoms with Crippen molar-refractivity contribution in [2.24, 2.45) is 16.8 Å². The van der Waals surface area contributed by atoms with Gasteiger partial charge in [-0.1, -0.05) is 12.1 Å². The molecule has 96 valence electrons. The van der Waals surface area contributed by atoms with Crippen LogP contribution in [-0.4, -0.2) is 20.8 Å². The molecule has 1 aromatic heterocycles. The highest BCUT2D eigenvalue weighted by Crippen LogP contribution is 2.30. The van der Waals surface area contributed by atoms with Crippen LogP contribution in [0.1, 0.15) is 18.3 Å². The summed E-state index contributed by atoms with van der Waals surface area (Å²) in [6.45, 7) is 2.92. The Kier molecular flexibility index (Phi) is 3.64. The molecule has 0 saturated carbocycles. The molecule has 0 amide bonds. The first-order valence-electron chi connectivity index (χ1n) is 4.84. The lowest BCUT2D eigenvalue weighted by atomic mass is 10.1. The molecule has 1 rings (SSSR count). The molecule has 0 fully saturated rings. The van der Waals surface area contributed by atoms with Crippen LogP contribution in [0.15, 0.2) is 11.2 Å². The topological polar surface area (TPSA) is 76.4 Å². The Morgan fingerprint density at radius 3 is 2.71 bits per heavy atom. The van der Waals surface area contributed by atoms with E-state index in [0.29, 0.717) is 0 Å². The third kappa shape index (κ3) is 3.11. The maximum Gasteiger partial charge on any atom is 0.433 e. The number of rotatable bonds is 3. The average molecular weight is 250 g/mol. The number of alkyl halides is 3. The second-order valence-corrected chi connectivity index (χ2v) is 3.78. The van der Waals surface area contributed by atoms with Crippen LogP contribution >= 0.6 is 0 Å². The zero-order valence-electron chi connectivity index (χ0n) is 9.36. The summed E-state index contributed by atoms with van der Waals surface area (Å²) in [4.78, 5) is 0. The van der Waals surface area contributed by atoms with Gasteiger partial charge in [0.25, 0.3) is 0 Å². The van der Waals surface area contributed by atoms with Crippen LogP contribution in [0, 0.1) is 12.8 Å². The van der Waals surface area contributed by atoms with Gasteiger partial charge in [-0.15, -0.1) is 0 Å². The zero-order chi connectivity index (χ0) is 13.2. The van der Waals surface area contributed by atoms with Crippen molar-refractivity contribution in [2.75, 3.05) is 0 Å². The lowest BCUT2D eigenvalue weighted by Crippen LogP contribution is -2.27. The summed E-state index contributed by atoms with van der Waals surface area (Å²) in [6.07, 6.45) is -4.47. The van der Waals surface area contributed by atoms with E-state index in [1.165, 1.54) is 6.92 Å². The standard InChI is InChI=1S/C9H13F3N4O/c1-5(8(13)15-17)4-16-7(9(10,11)12)3-6(2)14-16/h3,5,17H,4H2,1-2H3,(H2,13,15)/t5-/m0/s1. The second kappa shape index (κ2) is 4.64. The van der Waals surface area contributed by atoms with Gasteiger partial charge in [-0.05, 0) is 13.0 Å². The van der Waals surface area contributed by atoms with E-state index in [9.17, 15) is 13.2 Å². The summed E-state index contributed by atoms with van der Waals surface area (Å²) in [7, 11) is 0. The Morgan fingerprint density at radius 1 is 1.65 bits per heavy atom. The van der Waals surface area contributed by atoms with Gasteiger partial charge in [-0.2, -0.15) is 18.3 Å². The Labute approximate surface area is 95.7 Å². The third-order valence-corrected chi connectivity index (χ3v) is 2.26. The van der Waals surface area contributed by atoms with E-state index in [0.717, 1.165) is 10.7 Å². The highest BCUT2D eigenvalue weighted by Gasteiger charge is 2.35. The van der Waals surface area contributed by atoms with Crippen molar-refractivity contribution in [2.45, 2.75) is 26.6 Å². The van der Waals surface area contributed by atoms with Crippen molar-refractivity contribution in [3.05, 3.63) is 17.5 Å². The number of aryl methyl sites for hydroxylation is 1. The number of oxime groups is 1. The Balaban J connectivity index is 2.99. The number of hydrogen-bond acceptors (Lipinski definition) is 3. The highest BCUT2D eigenvalue weighted by molar-refractivity contribution is 5.81. The van der Waals surface area contributed by atoms with Gasteiger partial charge in [0.2, 0.25) is 0 Å². The van der Waals surface area contributed by atoms with Gasteiger partial charge in [0, 0.05) is 5.92 Å². The fraction of sp³-hybridized carbons (Fsp3) is 0.556. The fourth-order valence-corrected chi connectivity index (χ4v) is 1.36. The number of nitrogens with two attached hydrogens (primary N) is 1. The first-order valence-corrected chi connectivity index (χ1v) is 4.84. The van der Waals surface area contributed by atoms with Gasteiger partial charge in [-0.25, -0.2) is 0 Å². The van der Waals surface area contributed by atoms with E-state index < -0.39 is 17.8 Å². The molecule has 0 radical (unpaired) electrons. The van der Waals surface area contributed by atoms with Crippen molar-refractivity contribution in [1.82, 2.24) is 9.78 Å². The van der Waals surface area contributed by atoms with E-state index in [-0.39, 0.29) is 18.1 Å². The summed E-state index contributed by atoms with van der Waals surface area (Å²) in [5, 5.41) is 14.9. The largest absolute Gasteiger partial charge is 0.433 e. The van der Waals surface area contributed by atoms with E-state index >= 15 is 0 Å². The zero-order valence-corrected chi connectivity index (χ0v) is 9.36. The van der Waals surface area contributed by atoms with Gasteiger partial charge in [-0.3, -0.25) is 4.68 Å². The molecular weight excluding hydrogens is 237 g/mol. The Hall–Kier alpha value is -1.73. The predicted octanol–water partition coefficient (Wildman–Crippen LogP) is 1.59. The predicted molar refractivity (Wildman–Crippen MR) is 54.5 cm³/mol. The lowest BCUT2D eigenvalue weighted by molar-refractivity contribution is -0.144. The van der Waals surface area contributed by atoms with E-state index in [2.05, 4.69) is 10.3 Å². The van der Waals surface area contributed by atoms with Crippen LogP contribution < -0.4 is 5.73 Å². The summed E-state index contributed by atoms with van der Waals surface area (Å²) in [5.41, 5.74) is 4.74. The average Bonchev–Trinajstić information content (AvgIpc) is 2.57. The highest BCUT2D eigenvalue weighted by atomic mass is 19.4. The van der Waals surface area contributed by atoms with Gasteiger partial charge in [0.05, 0.1) is 12.2 Å². The SMILES string of the molecule is Cc1cc(C(F)(F)F)n(C[C@H](C)/C(N)=N/O)n1. The molecule has 0 bridgehead atoms. The number of amidine groups is 1. The Bertz CT molecular complexity index is 424. The van der Waals surface area contributed by atoms with Crippen molar-refractivity contribution >= 4 is 5.84 Å². The van der Waals surface area contributed by atoms with Crippen molar-refractivity contribution in [1.29, 1.82) is 0 Å². The van der Waals surface area contributed by atoms with Gasteiger partial charge < -0.3 is 10.9 Å². The van der Waals surface area contributed by atoms with E-state index in [1.807, 2.05) is 0 Å². The number of hydrogen-bond donors (Lipinski definition) is 2. The molecule has 5 nitrogen and oxygen atoms in total. The van der Waals surface area contributed by atoms with Gasteiger partial charge in [0.15, 0.2) is 0 Å². The molecule has 0 aliphatic carbocycles. The molecule has 0 aromatic carbocycles. The normalized spacial score (nSPS) is 15.0. The van der Waals surface area contributed by atoms with Crippen molar-refractivity contribution < 1.29 is 18.4 Å². The van der Waals surface area contributed by atoms with Crippen molar-refractivity contribution in [3.8, 4) is 0 Å². The number of nitrogens with zero attached hydrogens (tertiary/aromatic N) is 3. The summed E-state index contributed by atoms with van der Waals surface area (Å²) in [5.74, 6) is -0.674. The first-order chi connectivity index (χ1) is 7.75. The quantitative estimate of drug-likeness (QED) is 0.370. The van der Waals surface area contributed by atoms with Crippen LogP contribution in [0.5, 0.6) is 0 Å². The van der Waals surface area contributed by atoms with Crippen molar-refractivity contribution in [3.63, 3.8) is 0 Å². The van der Waals surface area contributed by atoms with E-state index in [1.54, 1.807) is 6.92 Å². The molecule has 0 aliphatic heterocycles.